The fourth-order valence-corrected chi connectivity index (χ4v) is 1.91. The molecule has 20 heavy (non-hydrogen) atoms. The summed E-state index contributed by atoms with van der Waals surface area (Å²) < 4.78 is 18.8. The molecule has 1 aliphatic rings. The van der Waals surface area contributed by atoms with Crippen LogP contribution in [0.5, 0.6) is 0 Å². The Balaban J connectivity index is 2.42. The van der Waals surface area contributed by atoms with Crippen molar-refractivity contribution in [3.05, 3.63) is 29.6 Å². The number of hydrogen-bond acceptors (Lipinski definition) is 3. The molecular formula is C14H15FN2O3. The molecule has 0 bridgehead atoms. The number of rotatable bonds is 0. The summed E-state index contributed by atoms with van der Waals surface area (Å²) in [5, 5.41) is 0. The van der Waals surface area contributed by atoms with Gasteiger partial charge in [0.15, 0.2) is 0 Å². The van der Waals surface area contributed by atoms with E-state index >= 15 is 0 Å². The number of benzene rings is 1. The summed E-state index contributed by atoms with van der Waals surface area (Å²) in [5.41, 5.74) is -0.390. The highest BCUT2D eigenvalue weighted by Gasteiger charge is 2.34. The Kier molecular flexibility index (Phi) is 3.33. The number of ether oxygens (including phenoxy) is 1. The smallest absolute Gasteiger partial charge is 0.434 e. The van der Waals surface area contributed by atoms with Crippen molar-refractivity contribution in [2.75, 3.05) is 11.9 Å². The van der Waals surface area contributed by atoms with Crippen molar-refractivity contribution in [2.45, 2.75) is 26.4 Å². The first-order valence-corrected chi connectivity index (χ1v) is 6.09. The molecule has 1 heterocycles. The molecule has 0 radical (unpaired) electrons. The molecule has 6 heteroatoms. The van der Waals surface area contributed by atoms with Crippen LogP contribution in [0.3, 0.4) is 0 Å². The van der Waals surface area contributed by atoms with Gasteiger partial charge in [0, 0.05) is 12.6 Å². The van der Waals surface area contributed by atoms with Gasteiger partial charge in [0.05, 0.1) is 5.69 Å². The minimum absolute atomic E-state index is 0.101. The molecule has 0 spiro atoms. The van der Waals surface area contributed by atoms with Crippen molar-refractivity contribution in [2.24, 2.45) is 4.99 Å². The number of halogens is 1. The molecule has 1 aromatic rings. The Morgan fingerprint density at radius 2 is 2.00 bits per heavy atom. The standard InChI is InChI=1S/C14H15FN2O3/c1-14(2,3)20-13(19)16-10-8-6-5-7-9(15)11(8)17(4)12(10)18/h5-7H,1-4H3/b16-10-. The minimum atomic E-state index is -0.869. The largest absolute Gasteiger partial charge is 0.442 e. The number of nitrogens with zero attached hydrogens (tertiary/aromatic N) is 2. The molecule has 106 valence electrons. The maximum Gasteiger partial charge on any atom is 0.434 e. The van der Waals surface area contributed by atoms with Gasteiger partial charge in [-0.1, -0.05) is 12.1 Å². The topological polar surface area (TPSA) is 59.0 Å². The summed E-state index contributed by atoms with van der Waals surface area (Å²) in [7, 11) is 1.43. The van der Waals surface area contributed by atoms with Crippen molar-refractivity contribution in [3.63, 3.8) is 0 Å². The summed E-state index contributed by atoms with van der Waals surface area (Å²) in [6, 6.07) is 4.26. The molecule has 0 aliphatic carbocycles. The Labute approximate surface area is 116 Å². The summed E-state index contributed by atoms with van der Waals surface area (Å²) in [5.74, 6) is -1.07. The van der Waals surface area contributed by atoms with Gasteiger partial charge in [0.1, 0.15) is 17.1 Å². The highest BCUT2D eigenvalue weighted by atomic mass is 19.1. The number of likely N-dealkylation sites (N-methyl/N-ethyl adjacent to an activating group) is 1. The average Bonchev–Trinajstić information content (AvgIpc) is 2.53. The molecular weight excluding hydrogens is 263 g/mol. The molecule has 0 saturated heterocycles. The fourth-order valence-electron chi connectivity index (χ4n) is 1.91. The monoisotopic (exact) mass is 278 g/mol. The molecule has 5 nitrogen and oxygen atoms in total. The van der Waals surface area contributed by atoms with Crippen molar-refractivity contribution in [3.8, 4) is 0 Å². The van der Waals surface area contributed by atoms with Crippen LogP contribution in [-0.2, 0) is 9.53 Å². The predicted octanol–water partition coefficient (Wildman–Crippen LogP) is 2.53. The second kappa shape index (κ2) is 4.70. The van der Waals surface area contributed by atoms with Crippen molar-refractivity contribution in [1.29, 1.82) is 0 Å². The van der Waals surface area contributed by atoms with Crippen LogP contribution in [0.1, 0.15) is 26.3 Å². The minimum Gasteiger partial charge on any atom is -0.442 e. The van der Waals surface area contributed by atoms with Gasteiger partial charge in [-0.15, -0.1) is 0 Å². The van der Waals surface area contributed by atoms with Gasteiger partial charge < -0.3 is 9.64 Å². The van der Waals surface area contributed by atoms with Crippen LogP contribution in [0.15, 0.2) is 23.2 Å². The number of amides is 2. The van der Waals surface area contributed by atoms with E-state index in [2.05, 4.69) is 4.99 Å². The molecule has 1 aliphatic heterocycles. The number of carbonyl (C=O) groups excluding carboxylic acids is 2. The molecule has 0 unspecified atom stereocenters. The van der Waals surface area contributed by atoms with Crippen LogP contribution >= 0.6 is 0 Å². The quantitative estimate of drug-likeness (QED) is 0.732. The normalized spacial score (nSPS) is 16.6. The zero-order chi connectivity index (χ0) is 15.1. The Morgan fingerprint density at radius 3 is 2.60 bits per heavy atom. The first-order chi connectivity index (χ1) is 9.20. The third-order valence-corrected chi connectivity index (χ3v) is 2.68. The van der Waals surface area contributed by atoms with Crippen LogP contribution in [0.2, 0.25) is 0 Å². The zero-order valence-electron chi connectivity index (χ0n) is 11.7. The Bertz CT molecular complexity index is 617. The van der Waals surface area contributed by atoms with E-state index in [4.69, 9.17) is 4.74 Å². The van der Waals surface area contributed by atoms with Crippen LogP contribution in [-0.4, -0.2) is 30.4 Å². The maximum absolute atomic E-state index is 13.7. The van der Waals surface area contributed by atoms with E-state index in [1.807, 2.05) is 0 Å². The van der Waals surface area contributed by atoms with Gasteiger partial charge in [-0.3, -0.25) is 4.79 Å². The number of anilines is 1. The summed E-state index contributed by atoms with van der Waals surface area (Å²) in [4.78, 5) is 28.5. The molecule has 1 aromatic carbocycles. The van der Waals surface area contributed by atoms with Gasteiger partial charge in [-0.2, -0.15) is 4.99 Å². The molecule has 0 saturated carbocycles. The number of hydrogen-bond donors (Lipinski definition) is 0. The van der Waals surface area contributed by atoms with Gasteiger partial charge in [0.25, 0.3) is 5.91 Å². The van der Waals surface area contributed by atoms with E-state index in [0.717, 1.165) is 4.90 Å². The van der Waals surface area contributed by atoms with E-state index in [0.29, 0.717) is 5.56 Å². The predicted molar refractivity (Wildman–Crippen MR) is 72.6 cm³/mol. The second-order valence-corrected chi connectivity index (χ2v) is 5.44. The molecule has 0 atom stereocenters. The van der Waals surface area contributed by atoms with E-state index < -0.39 is 23.4 Å². The second-order valence-electron chi connectivity index (χ2n) is 5.44. The number of para-hydroxylation sites is 1. The lowest BCUT2D eigenvalue weighted by Crippen LogP contribution is -2.28. The van der Waals surface area contributed by atoms with Crippen molar-refractivity contribution in [1.82, 2.24) is 0 Å². The zero-order valence-corrected chi connectivity index (χ0v) is 11.7. The van der Waals surface area contributed by atoms with E-state index in [1.54, 1.807) is 26.8 Å². The van der Waals surface area contributed by atoms with Crippen LogP contribution in [0, 0.1) is 5.82 Å². The number of fused-ring (bicyclic) bond motifs is 1. The summed E-state index contributed by atoms with van der Waals surface area (Å²) >= 11 is 0. The number of aliphatic imine (C=N–C) groups is 1. The first kappa shape index (κ1) is 14.2. The highest BCUT2D eigenvalue weighted by molar-refractivity contribution is 6.55. The molecule has 2 amide bonds. The lowest BCUT2D eigenvalue weighted by atomic mass is 10.1. The highest BCUT2D eigenvalue weighted by Crippen LogP contribution is 2.30. The molecule has 0 aromatic heterocycles. The fraction of sp³-hybridized carbons (Fsp3) is 0.357. The van der Waals surface area contributed by atoms with Crippen LogP contribution in [0.4, 0.5) is 14.9 Å². The van der Waals surface area contributed by atoms with Crippen LogP contribution in [0.25, 0.3) is 0 Å². The lowest BCUT2D eigenvalue weighted by Gasteiger charge is -2.17. The lowest BCUT2D eigenvalue weighted by molar-refractivity contribution is -0.112. The molecule has 2 rings (SSSR count). The third kappa shape index (κ3) is 2.54. The van der Waals surface area contributed by atoms with Crippen LogP contribution < -0.4 is 4.90 Å². The van der Waals surface area contributed by atoms with Crippen molar-refractivity contribution >= 4 is 23.4 Å². The van der Waals surface area contributed by atoms with E-state index in [-0.39, 0.29) is 11.4 Å². The Hall–Kier alpha value is -2.24. The average molecular weight is 278 g/mol. The molecule has 0 fully saturated rings. The number of carbonyl (C=O) groups is 2. The van der Waals surface area contributed by atoms with E-state index in [9.17, 15) is 14.0 Å². The van der Waals surface area contributed by atoms with Gasteiger partial charge in [-0.25, -0.2) is 9.18 Å². The first-order valence-electron chi connectivity index (χ1n) is 6.09. The van der Waals surface area contributed by atoms with Gasteiger partial charge in [-0.05, 0) is 26.8 Å². The summed E-state index contributed by atoms with van der Waals surface area (Å²) in [6.07, 6.45) is -0.869. The summed E-state index contributed by atoms with van der Waals surface area (Å²) in [6.45, 7) is 5.09. The van der Waals surface area contributed by atoms with Gasteiger partial charge in [0.2, 0.25) is 0 Å². The van der Waals surface area contributed by atoms with Gasteiger partial charge >= 0.3 is 6.09 Å². The third-order valence-electron chi connectivity index (χ3n) is 2.68. The van der Waals surface area contributed by atoms with Crippen molar-refractivity contribution < 1.29 is 18.7 Å². The molecule has 0 N–H and O–H groups in total. The van der Waals surface area contributed by atoms with E-state index in [1.165, 1.54) is 19.2 Å². The Morgan fingerprint density at radius 1 is 1.35 bits per heavy atom. The SMILES string of the molecule is CN1C(=O)/C(=N\C(=O)OC(C)(C)C)c2cccc(F)c21. The maximum atomic E-state index is 13.7.